The number of hydrogen-bond acceptors (Lipinski definition) is 4. The van der Waals surface area contributed by atoms with Crippen LogP contribution in [0.15, 0.2) is 47.2 Å². The van der Waals surface area contributed by atoms with Gasteiger partial charge in [-0.3, -0.25) is 4.79 Å². The van der Waals surface area contributed by atoms with E-state index < -0.39 is 0 Å². The van der Waals surface area contributed by atoms with Gasteiger partial charge in [0, 0.05) is 18.0 Å². The number of rotatable bonds is 5. The van der Waals surface area contributed by atoms with E-state index >= 15 is 0 Å². The molecule has 0 aliphatic carbocycles. The summed E-state index contributed by atoms with van der Waals surface area (Å²) in [6.07, 6.45) is 3.88. The van der Waals surface area contributed by atoms with Gasteiger partial charge in [0.1, 0.15) is 5.76 Å². The highest BCUT2D eigenvalue weighted by Gasteiger charge is 2.17. The van der Waals surface area contributed by atoms with Crippen molar-refractivity contribution < 1.29 is 9.32 Å². The monoisotopic (exact) mass is 324 g/mol. The molecule has 0 bridgehead atoms. The lowest BCUT2D eigenvalue weighted by molar-refractivity contribution is -0.121. The molecular weight excluding hydrogens is 304 g/mol. The molecule has 0 saturated carbocycles. The Morgan fingerprint density at radius 3 is 2.75 bits per heavy atom. The normalized spacial score (nSPS) is 12.1. The Bertz CT molecular complexity index is 817. The molecule has 2 heterocycles. The molecule has 1 amide bonds. The molecule has 124 valence electrons. The number of aromatic nitrogens is 3. The van der Waals surface area contributed by atoms with Gasteiger partial charge in [-0.1, -0.05) is 23.4 Å². The Kier molecular flexibility index (Phi) is 4.46. The first-order valence-corrected chi connectivity index (χ1v) is 7.86. The molecule has 1 aromatic carbocycles. The Labute approximate surface area is 140 Å². The number of para-hydroxylation sites is 1. The summed E-state index contributed by atoms with van der Waals surface area (Å²) in [5.74, 6) is 0.624. The first-order chi connectivity index (χ1) is 11.6. The van der Waals surface area contributed by atoms with Gasteiger partial charge >= 0.3 is 0 Å². The first kappa shape index (κ1) is 16.0. The van der Waals surface area contributed by atoms with E-state index in [-0.39, 0.29) is 18.4 Å². The van der Waals surface area contributed by atoms with Crippen LogP contribution in [0.5, 0.6) is 0 Å². The highest BCUT2D eigenvalue weighted by molar-refractivity contribution is 5.79. The van der Waals surface area contributed by atoms with Crippen LogP contribution in [0.4, 0.5) is 0 Å². The summed E-state index contributed by atoms with van der Waals surface area (Å²) < 4.78 is 6.91. The molecule has 0 unspecified atom stereocenters. The fraction of sp³-hybridized carbons (Fsp3) is 0.278. The van der Waals surface area contributed by atoms with Crippen molar-refractivity contribution in [3.8, 4) is 5.69 Å². The quantitative estimate of drug-likeness (QED) is 0.783. The van der Waals surface area contributed by atoms with Crippen LogP contribution in [0.3, 0.4) is 0 Å². The van der Waals surface area contributed by atoms with Crippen molar-refractivity contribution in [3.05, 3.63) is 65.3 Å². The van der Waals surface area contributed by atoms with Crippen LogP contribution >= 0.6 is 0 Å². The molecule has 0 radical (unpaired) electrons. The number of benzene rings is 1. The van der Waals surface area contributed by atoms with Gasteiger partial charge < -0.3 is 9.84 Å². The highest BCUT2D eigenvalue weighted by Crippen LogP contribution is 2.21. The van der Waals surface area contributed by atoms with Gasteiger partial charge in [-0.05, 0) is 38.5 Å². The maximum atomic E-state index is 12.4. The van der Waals surface area contributed by atoms with Crippen LogP contribution in [0.2, 0.25) is 0 Å². The predicted molar refractivity (Wildman–Crippen MR) is 89.8 cm³/mol. The Hall–Kier alpha value is -2.89. The summed E-state index contributed by atoms with van der Waals surface area (Å²) in [5, 5.41) is 11.2. The largest absolute Gasteiger partial charge is 0.361 e. The summed E-state index contributed by atoms with van der Waals surface area (Å²) in [6, 6.07) is 9.63. The Balaban J connectivity index is 1.76. The van der Waals surface area contributed by atoms with E-state index in [2.05, 4.69) is 15.6 Å². The van der Waals surface area contributed by atoms with Crippen LogP contribution in [0, 0.1) is 13.8 Å². The van der Waals surface area contributed by atoms with E-state index in [1.54, 1.807) is 10.9 Å². The molecule has 2 aromatic heterocycles. The summed E-state index contributed by atoms with van der Waals surface area (Å²) in [6.45, 7) is 5.63. The summed E-state index contributed by atoms with van der Waals surface area (Å²) in [4.78, 5) is 12.4. The van der Waals surface area contributed by atoms with Crippen LogP contribution in [-0.2, 0) is 11.2 Å². The van der Waals surface area contributed by atoms with E-state index in [0.29, 0.717) is 5.76 Å². The van der Waals surface area contributed by atoms with Crippen molar-refractivity contribution in [2.45, 2.75) is 33.2 Å². The SMILES string of the molecule is Cc1noc(C)c1CC(=O)N[C@H](C)c1ccccc1-n1cccn1. The predicted octanol–water partition coefficient (Wildman–Crippen LogP) is 2.90. The zero-order valence-electron chi connectivity index (χ0n) is 14.0. The van der Waals surface area contributed by atoms with Crippen molar-refractivity contribution in [2.24, 2.45) is 0 Å². The lowest BCUT2D eigenvalue weighted by Gasteiger charge is -2.18. The lowest BCUT2D eigenvalue weighted by atomic mass is 10.0. The standard InChI is InChI=1S/C18H20N4O2/c1-12(20-18(23)11-16-13(2)21-24-14(16)3)15-7-4-5-8-17(15)22-10-6-9-19-22/h4-10,12H,11H2,1-3H3,(H,20,23)/t12-/m1/s1. The van der Waals surface area contributed by atoms with Gasteiger partial charge in [0.2, 0.25) is 5.91 Å². The van der Waals surface area contributed by atoms with Crippen molar-refractivity contribution in [1.82, 2.24) is 20.3 Å². The number of nitrogens with zero attached hydrogens (tertiary/aromatic N) is 3. The first-order valence-electron chi connectivity index (χ1n) is 7.86. The van der Waals surface area contributed by atoms with Gasteiger partial charge in [-0.15, -0.1) is 0 Å². The molecule has 0 aliphatic rings. The van der Waals surface area contributed by atoms with E-state index in [9.17, 15) is 4.79 Å². The second-order valence-electron chi connectivity index (χ2n) is 5.78. The minimum Gasteiger partial charge on any atom is -0.361 e. The molecule has 0 saturated heterocycles. The lowest BCUT2D eigenvalue weighted by Crippen LogP contribution is -2.29. The van der Waals surface area contributed by atoms with Crippen molar-refractivity contribution in [1.29, 1.82) is 0 Å². The third-order valence-electron chi connectivity index (χ3n) is 4.05. The Morgan fingerprint density at radius 2 is 2.08 bits per heavy atom. The maximum absolute atomic E-state index is 12.4. The van der Waals surface area contributed by atoms with E-state index in [1.165, 1.54) is 0 Å². The minimum absolute atomic E-state index is 0.0628. The summed E-state index contributed by atoms with van der Waals surface area (Å²) >= 11 is 0. The molecule has 0 spiro atoms. The second-order valence-corrected chi connectivity index (χ2v) is 5.78. The zero-order valence-corrected chi connectivity index (χ0v) is 14.0. The molecule has 1 atom stereocenters. The maximum Gasteiger partial charge on any atom is 0.225 e. The van der Waals surface area contributed by atoms with Gasteiger partial charge in [0.25, 0.3) is 0 Å². The fourth-order valence-corrected chi connectivity index (χ4v) is 2.76. The van der Waals surface area contributed by atoms with E-state index in [1.807, 2.05) is 57.3 Å². The second kappa shape index (κ2) is 6.70. The molecule has 3 rings (SSSR count). The van der Waals surface area contributed by atoms with Crippen LogP contribution in [0.25, 0.3) is 5.69 Å². The number of nitrogens with one attached hydrogen (secondary N) is 1. The highest BCUT2D eigenvalue weighted by atomic mass is 16.5. The number of amides is 1. The molecule has 6 heteroatoms. The Morgan fingerprint density at radius 1 is 1.29 bits per heavy atom. The molecule has 0 aliphatic heterocycles. The number of carbonyl (C=O) groups is 1. The number of hydrogen-bond donors (Lipinski definition) is 1. The van der Waals surface area contributed by atoms with E-state index in [4.69, 9.17) is 4.52 Å². The van der Waals surface area contributed by atoms with Gasteiger partial charge in [0.15, 0.2) is 0 Å². The minimum atomic E-state index is -0.140. The average Bonchev–Trinajstić information content (AvgIpc) is 3.20. The average molecular weight is 324 g/mol. The number of carbonyl (C=O) groups excluding carboxylic acids is 1. The molecule has 3 aromatic rings. The molecule has 0 fully saturated rings. The van der Waals surface area contributed by atoms with Crippen LogP contribution in [-0.4, -0.2) is 20.8 Å². The van der Waals surface area contributed by atoms with Crippen LogP contribution < -0.4 is 5.32 Å². The van der Waals surface area contributed by atoms with Crippen molar-refractivity contribution in [2.75, 3.05) is 0 Å². The number of aryl methyl sites for hydroxylation is 2. The molecule has 6 nitrogen and oxygen atoms in total. The van der Waals surface area contributed by atoms with Gasteiger partial charge in [-0.2, -0.15) is 5.10 Å². The topological polar surface area (TPSA) is 73.0 Å². The van der Waals surface area contributed by atoms with E-state index in [0.717, 1.165) is 22.5 Å². The molecule has 1 N–H and O–H groups in total. The smallest absolute Gasteiger partial charge is 0.225 e. The van der Waals surface area contributed by atoms with Gasteiger partial charge in [-0.25, -0.2) is 4.68 Å². The third kappa shape index (κ3) is 3.22. The summed E-state index contributed by atoms with van der Waals surface area (Å²) in [5.41, 5.74) is 3.56. The fourth-order valence-electron chi connectivity index (χ4n) is 2.76. The van der Waals surface area contributed by atoms with Crippen molar-refractivity contribution >= 4 is 5.91 Å². The molecule has 24 heavy (non-hydrogen) atoms. The van der Waals surface area contributed by atoms with Crippen LogP contribution in [0.1, 0.15) is 35.5 Å². The molecular formula is C18H20N4O2. The zero-order chi connectivity index (χ0) is 17.1. The summed E-state index contributed by atoms with van der Waals surface area (Å²) in [7, 11) is 0. The third-order valence-corrected chi connectivity index (χ3v) is 4.05. The van der Waals surface area contributed by atoms with Crippen molar-refractivity contribution in [3.63, 3.8) is 0 Å². The van der Waals surface area contributed by atoms with Gasteiger partial charge in [0.05, 0.1) is 23.8 Å².